The fraction of sp³-hybridized carbons (Fsp3) is 0.647. The second-order valence-corrected chi connectivity index (χ2v) is 6.92. The molecular formula is C17H23ClO6. The van der Waals surface area contributed by atoms with Gasteiger partial charge in [-0.2, -0.15) is 0 Å². The maximum absolute atomic E-state index is 10.1. The molecule has 1 aromatic carbocycles. The SMILES string of the molecule is OC[C@@H]1O[C@@H](Oc2ccc(Cl)cc2C2CCCC2)[C@H](O)[C@@H](O)[C@H]1O. The molecule has 6 nitrogen and oxygen atoms in total. The van der Waals surface area contributed by atoms with E-state index in [1.807, 2.05) is 6.07 Å². The van der Waals surface area contributed by atoms with Crippen LogP contribution in [0.5, 0.6) is 5.75 Å². The summed E-state index contributed by atoms with van der Waals surface area (Å²) in [7, 11) is 0. The van der Waals surface area contributed by atoms with Gasteiger partial charge < -0.3 is 29.9 Å². The highest BCUT2D eigenvalue weighted by atomic mass is 35.5. The van der Waals surface area contributed by atoms with Gasteiger partial charge in [0.25, 0.3) is 0 Å². The Bertz CT molecular complexity index is 560. The molecule has 0 unspecified atom stereocenters. The summed E-state index contributed by atoms with van der Waals surface area (Å²) in [6.07, 6.45) is -2.05. The highest BCUT2D eigenvalue weighted by molar-refractivity contribution is 6.30. The van der Waals surface area contributed by atoms with E-state index in [4.69, 9.17) is 21.1 Å². The first-order chi connectivity index (χ1) is 11.5. The van der Waals surface area contributed by atoms with E-state index in [1.165, 1.54) is 0 Å². The van der Waals surface area contributed by atoms with E-state index in [1.54, 1.807) is 12.1 Å². The van der Waals surface area contributed by atoms with Crippen molar-refractivity contribution in [1.82, 2.24) is 0 Å². The third kappa shape index (κ3) is 3.54. The molecule has 1 aliphatic heterocycles. The van der Waals surface area contributed by atoms with Crippen molar-refractivity contribution >= 4 is 11.6 Å². The van der Waals surface area contributed by atoms with Gasteiger partial charge >= 0.3 is 0 Å². The highest BCUT2D eigenvalue weighted by Gasteiger charge is 2.45. The van der Waals surface area contributed by atoms with Crippen molar-refractivity contribution in [2.24, 2.45) is 0 Å². The van der Waals surface area contributed by atoms with Crippen molar-refractivity contribution < 1.29 is 29.9 Å². The first-order valence-electron chi connectivity index (χ1n) is 8.28. The molecule has 0 bridgehead atoms. The van der Waals surface area contributed by atoms with Gasteiger partial charge in [-0.3, -0.25) is 0 Å². The monoisotopic (exact) mass is 358 g/mol. The van der Waals surface area contributed by atoms with Gasteiger partial charge in [0.15, 0.2) is 0 Å². The minimum Gasteiger partial charge on any atom is -0.462 e. The molecule has 0 spiro atoms. The number of aliphatic hydroxyl groups is 4. The molecule has 2 fully saturated rings. The zero-order valence-electron chi connectivity index (χ0n) is 13.2. The third-order valence-corrected chi connectivity index (χ3v) is 5.09. The van der Waals surface area contributed by atoms with Crippen molar-refractivity contribution in [3.63, 3.8) is 0 Å². The first kappa shape index (κ1) is 17.9. The summed E-state index contributed by atoms with van der Waals surface area (Å²) >= 11 is 6.11. The minimum atomic E-state index is -1.46. The summed E-state index contributed by atoms with van der Waals surface area (Å²) in [6, 6.07) is 5.27. The van der Waals surface area contributed by atoms with E-state index >= 15 is 0 Å². The lowest BCUT2D eigenvalue weighted by Crippen LogP contribution is -2.60. The normalized spacial score (nSPS) is 34.5. The molecule has 24 heavy (non-hydrogen) atoms. The maximum Gasteiger partial charge on any atom is 0.229 e. The zero-order valence-corrected chi connectivity index (χ0v) is 14.0. The van der Waals surface area contributed by atoms with Gasteiger partial charge in [0.2, 0.25) is 6.29 Å². The van der Waals surface area contributed by atoms with E-state index in [-0.39, 0.29) is 0 Å². The predicted molar refractivity (Wildman–Crippen MR) is 87.1 cm³/mol. The standard InChI is InChI=1S/C17H23ClO6/c18-10-5-6-12(11(7-10)9-3-1-2-4-9)23-17-16(22)15(21)14(20)13(8-19)24-17/h5-7,9,13-17,19-22H,1-4,8H2/t13-,14-,15-,16+,17+/m0/s1. The Balaban J connectivity index is 1.82. The lowest BCUT2D eigenvalue weighted by molar-refractivity contribution is -0.277. The summed E-state index contributed by atoms with van der Waals surface area (Å²) < 4.78 is 11.2. The van der Waals surface area contributed by atoms with Crippen LogP contribution < -0.4 is 4.74 Å². The zero-order chi connectivity index (χ0) is 17.3. The van der Waals surface area contributed by atoms with Gasteiger partial charge in [0.05, 0.1) is 6.61 Å². The number of hydrogen-bond acceptors (Lipinski definition) is 6. The predicted octanol–water partition coefficient (Wildman–Crippen LogP) is 1.18. The van der Waals surface area contributed by atoms with Crippen molar-refractivity contribution in [1.29, 1.82) is 0 Å². The van der Waals surface area contributed by atoms with Crippen molar-refractivity contribution in [3.05, 3.63) is 28.8 Å². The Morgan fingerprint density at radius 1 is 1.08 bits per heavy atom. The van der Waals surface area contributed by atoms with Crippen LogP contribution in [-0.4, -0.2) is 57.7 Å². The lowest BCUT2D eigenvalue weighted by atomic mass is 9.96. The summed E-state index contributed by atoms with van der Waals surface area (Å²) in [4.78, 5) is 0. The number of aliphatic hydroxyl groups excluding tert-OH is 4. The molecule has 1 aliphatic carbocycles. The minimum absolute atomic E-state index is 0.337. The second kappa shape index (κ2) is 7.56. The number of hydrogen-bond donors (Lipinski definition) is 4. The van der Waals surface area contributed by atoms with Crippen molar-refractivity contribution in [3.8, 4) is 5.75 Å². The molecule has 1 saturated carbocycles. The molecule has 0 aromatic heterocycles. The van der Waals surface area contributed by atoms with E-state index in [2.05, 4.69) is 0 Å². The number of benzene rings is 1. The maximum atomic E-state index is 10.1. The highest BCUT2D eigenvalue weighted by Crippen LogP contribution is 2.40. The van der Waals surface area contributed by atoms with Crippen LogP contribution in [0.3, 0.4) is 0 Å². The Hall–Kier alpha value is -0.890. The molecule has 134 valence electrons. The molecule has 5 atom stereocenters. The number of rotatable bonds is 4. The fourth-order valence-electron chi connectivity index (χ4n) is 3.47. The first-order valence-corrected chi connectivity index (χ1v) is 8.65. The third-order valence-electron chi connectivity index (χ3n) is 4.86. The van der Waals surface area contributed by atoms with E-state index in [0.717, 1.165) is 31.2 Å². The quantitative estimate of drug-likeness (QED) is 0.645. The van der Waals surface area contributed by atoms with Crippen LogP contribution in [0.1, 0.15) is 37.2 Å². The van der Waals surface area contributed by atoms with Crippen LogP contribution >= 0.6 is 11.6 Å². The molecule has 3 rings (SSSR count). The van der Waals surface area contributed by atoms with Gasteiger partial charge in [-0.1, -0.05) is 24.4 Å². The summed E-state index contributed by atoms with van der Waals surface area (Å²) in [6.45, 7) is -0.485. The van der Waals surface area contributed by atoms with Crippen LogP contribution in [0.15, 0.2) is 18.2 Å². The molecule has 2 aliphatic rings. The largest absolute Gasteiger partial charge is 0.462 e. The molecule has 1 aromatic rings. The molecule has 0 amide bonds. The summed E-state index contributed by atoms with van der Waals surface area (Å²) in [5.74, 6) is 0.874. The van der Waals surface area contributed by atoms with Gasteiger partial charge in [0, 0.05) is 5.02 Å². The lowest BCUT2D eigenvalue weighted by Gasteiger charge is -2.39. The van der Waals surface area contributed by atoms with Crippen molar-refractivity contribution in [2.75, 3.05) is 6.61 Å². The fourth-order valence-corrected chi connectivity index (χ4v) is 3.65. The van der Waals surface area contributed by atoms with E-state index < -0.39 is 37.3 Å². The molecule has 7 heteroatoms. The van der Waals surface area contributed by atoms with Crippen LogP contribution in [0.4, 0.5) is 0 Å². The Morgan fingerprint density at radius 2 is 1.79 bits per heavy atom. The Labute approximate surface area is 145 Å². The number of halogens is 1. The summed E-state index contributed by atoms with van der Waals surface area (Å²) in [5, 5.41) is 39.7. The molecule has 1 saturated heterocycles. The average molecular weight is 359 g/mol. The van der Waals surface area contributed by atoms with Gasteiger partial charge in [-0.25, -0.2) is 0 Å². The van der Waals surface area contributed by atoms with Gasteiger partial charge in [-0.15, -0.1) is 0 Å². The van der Waals surface area contributed by atoms with Crippen molar-refractivity contribution in [2.45, 2.75) is 62.3 Å². The Morgan fingerprint density at radius 3 is 2.46 bits per heavy atom. The molecule has 0 radical (unpaired) electrons. The van der Waals surface area contributed by atoms with Crippen LogP contribution in [0.2, 0.25) is 5.02 Å². The smallest absolute Gasteiger partial charge is 0.229 e. The van der Waals surface area contributed by atoms with Crippen LogP contribution in [0.25, 0.3) is 0 Å². The second-order valence-electron chi connectivity index (χ2n) is 6.48. The topological polar surface area (TPSA) is 99.4 Å². The average Bonchev–Trinajstić information content (AvgIpc) is 3.11. The summed E-state index contributed by atoms with van der Waals surface area (Å²) in [5.41, 5.74) is 0.956. The molecular weight excluding hydrogens is 336 g/mol. The van der Waals surface area contributed by atoms with Gasteiger partial charge in [-0.05, 0) is 42.5 Å². The van der Waals surface area contributed by atoms with Gasteiger partial charge in [0.1, 0.15) is 30.2 Å². The number of ether oxygens (including phenoxy) is 2. The molecule has 4 N–H and O–H groups in total. The molecule has 1 heterocycles. The van der Waals surface area contributed by atoms with Crippen LogP contribution in [-0.2, 0) is 4.74 Å². The van der Waals surface area contributed by atoms with Crippen LogP contribution in [0, 0.1) is 0 Å². The van der Waals surface area contributed by atoms with E-state index in [0.29, 0.717) is 16.7 Å². The van der Waals surface area contributed by atoms with E-state index in [9.17, 15) is 20.4 Å². The Kier molecular flexibility index (Phi) is 5.64.